The smallest absolute Gasteiger partial charge is 0.269 e. The first-order valence-corrected chi connectivity index (χ1v) is 9.22. The van der Waals surface area contributed by atoms with Gasteiger partial charge in [0, 0.05) is 12.1 Å². The van der Waals surface area contributed by atoms with Gasteiger partial charge in [-0.25, -0.2) is 9.97 Å². The third kappa shape index (κ3) is 3.09. The average Bonchev–Trinajstić information content (AvgIpc) is 2.92. The van der Waals surface area contributed by atoms with Gasteiger partial charge in [0.1, 0.15) is 28.7 Å². The standard InChI is InChI=1S/C20H24N4O6/c1-7-12(23-27)16-15-18(22-10(2)21-16)24(19(25)20(15,3)26)17-13(29-5)8-11(28-4)9-14(17)30-6/h8-9,26-27H,7H2,1-6H3. The van der Waals surface area contributed by atoms with E-state index in [1.807, 2.05) is 0 Å². The predicted molar refractivity (Wildman–Crippen MR) is 108 cm³/mol. The van der Waals surface area contributed by atoms with Crippen LogP contribution in [0.5, 0.6) is 17.2 Å². The van der Waals surface area contributed by atoms with Crippen LogP contribution < -0.4 is 19.1 Å². The number of hydrogen-bond acceptors (Lipinski definition) is 9. The van der Waals surface area contributed by atoms with Crippen LogP contribution in [0.25, 0.3) is 0 Å². The lowest BCUT2D eigenvalue weighted by Crippen LogP contribution is -2.36. The highest BCUT2D eigenvalue weighted by Crippen LogP contribution is 2.51. The Labute approximate surface area is 173 Å². The second kappa shape index (κ2) is 7.79. The first-order chi connectivity index (χ1) is 14.2. The number of ether oxygens (including phenoxy) is 3. The number of nitrogens with zero attached hydrogens (tertiary/aromatic N) is 4. The van der Waals surface area contributed by atoms with Crippen molar-refractivity contribution in [1.82, 2.24) is 9.97 Å². The summed E-state index contributed by atoms with van der Waals surface area (Å²) in [6, 6.07) is 3.19. The van der Waals surface area contributed by atoms with E-state index in [-0.39, 0.29) is 40.0 Å². The highest BCUT2D eigenvalue weighted by Gasteiger charge is 2.52. The monoisotopic (exact) mass is 416 g/mol. The van der Waals surface area contributed by atoms with Crippen molar-refractivity contribution in [3.05, 3.63) is 29.2 Å². The fourth-order valence-electron chi connectivity index (χ4n) is 3.50. The third-order valence-corrected chi connectivity index (χ3v) is 4.96. The van der Waals surface area contributed by atoms with Crippen LogP contribution in [0, 0.1) is 6.92 Å². The molecule has 0 saturated carbocycles. The molecule has 1 aromatic carbocycles. The number of rotatable bonds is 6. The van der Waals surface area contributed by atoms with E-state index in [1.165, 1.54) is 33.2 Å². The van der Waals surface area contributed by atoms with Gasteiger partial charge in [-0.05, 0) is 20.3 Å². The Bertz CT molecular complexity index is 1010. The molecule has 1 aromatic heterocycles. The number of aromatic nitrogens is 2. The highest BCUT2D eigenvalue weighted by atomic mass is 16.5. The molecule has 3 rings (SSSR count). The molecule has 0 aliphatic carbocycles. The van der Waals surface area contributed by atoms with Crippen molar-refractivity contribution >= 4 is 23.1 Å². The van der Waals surface area contributed by atoms with Crippen molar-refractivity contribution in [2.45, 2.75) is 32.8 Å². The van der Waals surface area contributed by atoms with Crippen LogP contribution in [0.4, 0.5) is 11.5 Å². The molecule has 0 spiro atoms. The Hall–Kier alpha value is -3.40. The summed E-state index contributed by atoms with van der Waals surface area (Å²) >= 11 is 0. The summed E-state index contributed by atoms with van der Waals surface area (Å²) in [5, 5.41) is 23.9. The van der Waals surface area contributed by atoms with Crippen molar-refractivity contribution in [2.75, 3.05) is 26.2 Å². The molecule has 160 valence electrons. The molecular formula is C20H24N4O6. The van der Waals surface area contributed by atoms with Crippen LogP contribution in [0.3, 0.4) is 0 Å². The fraction of sp³-hybridized carbons (Fsp3) is 0.400. The number of hydrogen-bond donors (Lipinski definition) is 2. The molecule has 0 fully saturated rings. The number of fused-ring (bicyclic) bond motifs is 1. The van der Waals surface area contributed by atoms with E-state index in [0.29, 0.717) is 18.0 Å². The molecule has 2 N–H and O–H groups in total. The van der Waals surface area contributed by atoms with Gasteiger partial charge in [0.2, 0.25) is 0 Å². The Morgan fingerprint density at radius 1 is 1.17 bits per heavy atom. The lowest BCUT2D eigenvalue weighted by molar-refractivity contribution is -0.133. The zero-order valence-electron chi connectivity index (χ0n) is 17.7. The molecular weight excluding hydrogens is 392 g/mol. The first-order valence-electron chi connectivity index (χ1n) is 9.22. The van der Waals surface area contributed by atoms with E-state index in [1.54, 1.807) is 26.0 Å². The minimum Gasteiger partial charge on any atom is -0.496 e. The van der Waals surface area contributed by atoms with Crippen LogP contribution >= 0.6 is 0 Å². The van der Waals surface area contributed by atoms with Crippen molar-refractivity contribution in [3.63, 3.8) is 0 Å². The summed E-state index contributed by atoms with van der Waals surface area (Å²) in [6.45, 7) is 4.77. The van der Waals surface area contributed by atoms with Crippen molar-refractivity contribution in [1.29, 1.82) is 0 Å². The lowest BCUT2D eigenvalue weighted by Gasteiger charge is -2.23. The number of amides is 1. The van der Waals surface area contributed by atoms with Crippen LogP contribution in [-0.2, 0) is 10.4 Å². The number of carbonyl (C=O) groups excluding carboxylic acids is 1. The molecule has 10 heteroatoms. The summed E-state index contributed by atoms with van der Waals surface area (Å²) < 4.78 is 16.2. The zero-order valence-corrected chi connectivity index (χ0v) is 17.7. The Balaban J connectivity index is 2.39. The normalized spacial score (nSPS) is 18.4. The molecule has 2 aromatic rings. The van der Waals surface area contributed by atoms with Gasteiger partial charge in [-0.15, -0.1) is 0 Å². The van der Waals surface area contributed by atoms with Gasteiger partial charge in [0.25, 0.3) is 5.91 Å². The number of aliphatic hydroxyl groups is 1. The number of aryl methyl sites for hydroxylation is 1. The maximum atomic E-state index is 13.4. The zero-order chi connectivity index (χ0) is 22.2. The van der Waals surface area contributed by atoms with E-state index in [2.05, 4.69) is 15.1 Å². The molecule has 1 atom stereocenters. The topological polar surface area (TPSA) is 127 Å². The first kappa shape index (κ1) is 21.3. The molecule has 10 nitrogen and oxygen atoms in total. The van der Waals surface area contributed by atoms with Crippen molar-refractivity contribution in [3.8, 4) is 17.2 Å². The second-order valence-corrected chi connectivity index (χ2v) is 6.81. The van der Waals surface area contributed by atoms with Gasteiger partial charge in [0.05, 0.1) is 26.9 Å². The van der Waals surface area contributed by atoms with Gasteiger partial charge in [-0.1, -0.05) is 12.1 Å². The van der Waals surface area contributed by atoms with Crippen LogP contribution in [-0.4, -0.2) is 53.2 Å². The summed E-state index contributed by atoms with van der Waals surface area (Å²) in [5.41, 5.74) is -1.14. The maximum Gasteiger partial charge on any atom is 0.269 e. The highest BCUT2D eigenvalue weighted by molar-refractivity contribution is 6.15. The van der Waals surface area contributed by atoms with E-state index >= 15 is 0 Å². The van der Waals surface area contributed by atoms with E-state index in [0.717, 1.165) is 0 Å². The molecule has 0 bridgehead atoms. The third-order valence-electron chi connectivity index (χ3n) is 4.96. The molecule has 1 aliphatic heterocycles. The predicted octanol–water partition coefficient (Wildman–Crippen LogP) is 2.28. The van der Waals surface area contributed by atoms with E-state index < -0.39 is 11.5 Å². The minimum atomic E-state index is -1.97. The van der Waals surface area contributed by atoms with Gasteiger partial charge >= 0.3 is 0 Å². The molecule has 1 unspecified atom stereocenters. The van der Waals surface area contributed by atoms with Gasteiger partial charge < -0.3 is 24.5 Å². The van der Waals surface area contributed by atoms with Crippen LogP contribution in [0.1, 0.15) is 37.4 Å². The fourth-order valence-corrected chi connectivity index (χ4v) is 3.50. The molecule has 0 saturated heterocycles. The number of benzene rings is 1. The average molecular weight is 416 g/mol. The summed E-state index contributed by atoms with van der Waals surface area (Å²) in [6.07, 6.45) is 0.332. The lowest BCUT2D eigenvalue weighted by atomic mass is 9.95. The molecule has 1 amide bonds. The number of anilines is 2. The quantitative estimate of drug-likeness (QED) is 0.417. The molecule has 2 heterocycles. The molecule has 0 radical (unpaired) electrons. The Kier molecular flexibility index (Phi) is 5.53. The van der Waals surface area contributed by atoms with E-state index in [9.17, 15) is 15.1 Å². The van der Waals surface area contributed by atoms with Gasteiger partial charge in [0.15, 0.2) is 22.9 Å². The second-order valence-electron chi connectivity index (χ2n) is 6.81. The van der Waals surface area contributed by atoms with Gasteiger partial charge in [-0.3, -0.25) is 9.69 Å². The Morgan fingerprint density at radius 2 is 1.77 bits per heavy atom. The van der Waals surface area contributed by atoms with Crippen molar-refractivity contribution < 1.29 is 29.3 Å². The van der Waals surface area contributed by atoms with Gasteiger partial charge in [-0.2, -0.15) is 0 Å². The molecule has 1 aliphatic rings. The number of oxime groups is 1. The summed E-state index contributed by atoms with van der Waals surface area (Å²) in [5.74, 6) is 0.851. The summed E-state index contributed by atoms with van der Waals surface area (Å²) in [7, 11) is 4.39. The van der Waals surface area contributed by atoms with Crippen LogP contribution in [0.2, 0.25) is 0 Å². The number of methoxy groups -OCH3 is 3. The maximum absolute atomic E-state index is 13.4. The summed E-state index contributed by atoms with van der Waals surface area (Å²) in [4.78, 5) is 23.4. The largest absolute Gasteiger partial charge is 0.496 e. The van der Waals surface area contributed by atoms with Crippen LogP contribution in [0.15, 0.2) is 17.3 Å². The Morgan fingerprint density at radius 3 is 2.23 bits per heavy atom. The molecule has 30 heavy (non-hydrogen) atoms. The van der Waals surface area contributed by atoms with Crippen molar-refractivity contribution in [2.24, 2.45) is 5.16 Å². The minimum absolute atomic E-state index is 0.146. The number of carbonyl (C=O) groups is 1. The van der Waals surface area contributed by atoms with E-state index in [4.69, 9.17) is 14.2 Å². The SMILES string of the molecule is CCC(=NO)c1nc(C)nc2c1C(C)(O)C(=O)N2c1c(OC)cc(OC)cc1OC.